The van der Waals surface area contributed by atoms with Crippen molar-refractivity contribution in [2.45, 2.75) is 290 Å². The van der Waals surface area contributed by atoms with E-state index >= 15 is 0 Å². The Morgan fingerprint density at radius 2 is 0.755 bits per heavy atom. The first-order valence-corrected chi connectivity index (χ1v) is 36.4. The fraction of sp³-hybridized carbons (Fsp3) is 0.797. The number of carbonyl (C=O) groups is 11. The number of imidazole rings is 1. The molecule has 98 heavy (non-hydrogen) atoms. The van der Waals surface area contributed by atoms with Crippen LogP contribution in [-0.2, 0) is 59.2 Å². The number of nitrogens with one attached hydrogen (secondary N) is 12. The number of aromatic nitrogens is 2. The van der Waals surface area contributed by atoms with Crippen LogP contribution in [0.5, 0.6) is 0 Å². The van der Waals surface area contributed by atoms with Crippen molar-refractivity contribution < 1.29 is 68.1 Å². The molecule has 19 N–H and O–H groups in total. The van der Waals surface area contributed by atoms with Gasteiger partial charge in [-0.3, -0.25) is 52.7 Å². The summed E-state index contributed by atoms with van der Waals surface area (Å²) in [6.07, 6.45) is 21.1. The lowest BCUT2D eigenvalue weighted by Crippen LogP contribution is -2.62. The third-order valence-corrected chi connectivity index (χ3v) is 17.8. The van der Waals surface area contributed by atoms with Crippen molar-refractivity contribution in [3.05, 3.63) is 18.2 Å². The Kier molecular flexibility index (Phi) is 47.5. The van der Waals surface area contributed by atoms with Gasteiger partial charge in [0.15, 0.2) is 0 Å². The highest BCUT2D eigenvalue weighted by atomic mass is 16.3. The normalized spacial score (nSPS) is 15.3. The molecule has 0 aliphatic rings. The van der Waals surface area contributed by atoms with E-state index in [0.29, 0.717) is 63.6 Å². The van der Waals surface area contributed by atoms with Crippen molar-refractivity contribution in [3.63, 3.8) is 0 Å². The van der Waals surface area contributed by atoms with Gasteiger partial charge in [-0.05, 0) is 95.1 Å². The minimum absolute atomic E-state index is 0.0293. The SMILES string of the molecule is CCCCCCCCCCCCCCCC(=O)N[C@H](C(=O)N[C@H](C(=O)N[C@H](C(=O)N[C@@H](CO)C(=O)N[C@@H](CCCCN)C(=O)N[C@@H](CC(C)C)C(=O)N[C@@H](CO)C(=O)N[C@@H](Cc1cnc[nH]1)C(=O)N[C@@H](CO)C(=O)N[C@@H](CCCCN)C(=O)NCC)[C@@H](C)CC)[C@@H](C)CC)[C@@H](C)CC. The van der Waals surface area contributed by atoms with E-state index in [-0.39, 0.29) is 62.9 Å². The number of carbonyl (C=O) groups excluding carboxylic acids is 11. The molecule has 0 radical (unpaired) electrons. The molecular weight excluding hydrogens is 1260 g/mol. The van der Waals surface area contributed by atoms with E-state index in [1.54, 1.807) is 41.5 Å². The van der Waals surface area contributed by atoms with Crippen LogP contribution in [-0.4, -0.2) is 190 Å². The number of hydrogen-bond donors (Lipinski definition) is 17. The predicted molar refractivity (Wildman–Crippen MR) is 375 cm³/mol. The van der Waals surface area contributed by atoms with Crippen LogP contribution in [0.15, 0.2) is 12.5 Å². The maximum absolute atomic E-state index is 14.4. The molecule has 0 fully saturated rings. The molecule has 29 nitrogen and oxygen atoms in total. The maximum atomic E-state index is 14.4. The van der Waals surface area contributed by atoms with Gasteiger partial charge in [0.05, 0.1) is 26.1 Å². The summed E-state index contributed by atoms with van der Waals surface area (Å²) < 4.78 is 0. The van der Waals surface area contributed by atoms with Gasteiger partial charge in [-0.15, -0.1) is 0 Å². The molecule has 11 amide bonds. The molecule has 562 valence electrons. The van der Waals surface area contributed by atoms with Gasteiger partial charge in [0.1, 0.15) is 60.4 Å². The second-order valence-corrected chi connectivity index (χ2v) is 26.5. The number of hydrogen-bond acceptors (Lipinski definition) is 17. The number of unbranched alkanes of at least 4 members (excludes halogenated alkanes) is 14. The van der Waals surface area contributed by atoms with Crippen LogP contribution in [0.4, 0.5) is 0 Å². The van der Waals surface area contributed by atoms with Crippen LogP contribution in [0.25, 0.3) is 0 Å². The van der Waals surface area contributed by atoms with Gasteiger partial charge in [-0.2, -0.15) is 0 Å². The zero-order chi connectivity index (χ0) is 73.5. The minimum atomic E-state index is -1.74. The average molecular weight is 1390 g/mol. The summed E-state index contributed by atoms with van der Waals surface area (Å²) in [5.74, 6) is -10.1. The zero-order valence-electron chi connectivity index (χ0n) is 60.6. The molecule has 1 aromatic rings. The van der Waals surface area contributed by atoms with E-state index in [1.165, 1.54) is 70.3 Å². The lowest BCUT2D eigenvalue weighted by Gasteiger charge is -2.31. The second kappa shape index (κ2) is 52.2. The largest absolute Gasteiger partial charge is 0.394 e. The van der Waals surface area contributed by atoms with Gasteiger partial charge in [0.25, 0.3) is 0 Å². The average Bonchev–Trinajstić information content (AvgIpc) is 1.07. The van der Waals surface area contributed by atoms with Crippen LogP contribution in [0.2, 0.25) is 0 Å². The highest BCUT2D eigenvalue weighted by molar-refractivity contribution is 5.99. The molecule has 1 rings (SSSR count). The van der Waals surface area contributed by atoms with Crippen molar-refractivity contribution in [2.24, 2.45) is 35.1 Å². The Morgan fingerprint density at radius 3 is 1.14 bits per heavy atom. The lowest BCUT2D eigenvalue weighted by molar-refractivity contribution is -0.137. The Bertz CT molecular complexity index is 2490. The van der Waals surface area contributed by atoms with Gasteiger partial charge < -0.3 is 90.3 Å². The van der Waals surface area contributed by atoms with E-state index in [2.05, 4.69) is 75.4 Å². The molecule has 0 saturated heterocycles. The van der Waals surface area contributed by atoms with Crippen LogP contribution in [0, 0.1) is 23.7 Å². The number of aliphatic hydroxyl groups excluding tert-OH is 3. The summed E-state index contributed by atoms with van der Waals surface area (Å²) in [5, 5.41) is 60.2. The standard InChI is InChI=1S/C69H127N15O14/c1-11-16-17-18-19-20-21-22-23-24-25-26-27-34-56(88)82-57(45(8)12-2)68(97)84-59(47(10)14-4)69(98)83-58(46(9)13-3)67(96)81-55(42-87)65(94)76-50(33-29-31-36-71)61(90)77-51(37-44(6)7)62(91)79-54(41-86)66(95)78-52(38-48-39-72-43-74-48)63(92)80-53(40-85)64(93)75-49(32-28-30-35-70)60(89)73-15-5/h39,43-47,49-55,57-59,85-87H,11-38,40-42,70-71H2,1-10H3,(H,72,74)(H,73,89)(H,75,93)(H,76,94)(H,77,90)(H,78,95)(H,79,91)(H,80,92)(H,81,96)(H,82,88)(H,83,98)(H,84,97)/t45-,46-,47-,49-,50-,51-,52-,53-,54-,55-,57-,58-,59-/m0/s1. The van der Waals surface area contributed by atoms with Crippen LogP contribution in [0.1, 0.15) is 229 Å². The molecule has 1 heterocycles. The van der Waals surface area contributed by atoms with Crippen molar-refractivity contribution in [1.29, 1.82) is 0 Å². The summed E-state index contributed by atoms with van der Waals surface area (Å²) in [5.41, 5.74) is 11.8. The number of nitrogens with two attached hydrogens (primary N) is 2. The van der Waals surface area contributed by atoms with Crippen LogP contribution in [0.3, 0.4) is 0 Å². The first-order valence-electron chi connectivity index (χ1n) is 36.4. The Labute approximate surface area is 582 Å². The number of H-pyrrole nitrogens is 1. The third-order valence-electron chi connectivity index (χ3n) is 17.8. The number of aromatic amines is 1. The summed E-state index contributed by atoms with van der Waals surface area (Å²) in [6, 6.07) is -13.7. The lowest BCUT2D eigenvalue weighted by atomic mass is 9.93. The van der Waals surface area contributed by atoms with Gasteiger partial charge in [-0.1, -0.05) is 159 Å². The second-order valence-electron chi connectivity index (χ2n) is 26.5. The highest BCUT2D eigenvalue weighted by Gasteiger charge is 2.38. The molecule has 0 saturated carbocycles. The smallest absolute Gasteiger partial charge is 0.245 e. The zero-order valence-corrected chi connectivity index (χ0v) is 60.6. The van der Waals surface area contributed by atoms with Crippen molar-refractivity contribution >= 4 is 65.0 Å². The summed E-state index contributed by atoms with van der Waals surface area (Å²) >= 11 is 0. The summed E-state index contributed by atoms with van der Waals surface area (Å²) in [7, 11) is 0. The molecule has 0 aliphatic heterocycles. The quantitative estimate of drug-likeness (QED) is 0.0414. The van der Waals surface area contributed by atoms with Gasteiger partial charge in [0.2, 0.25) is 65.0 Å². The number of amides is 11. The van der Waals surface area contributed by atoms with E-state index in [9.17, 15) is 68.1 Å². The number of rotatable bonds is 56. The first-order chi connectivity index (χ1) is 46.8. The molecule has 0 aromatic carbocycles. The van der Waals surface area contributed by atoms with Gasteiger partial charge in [0, 0.05) is 31.3 Å². The van der Waals surface area contributed by atoms with Crippen molar-refractivity contribution in [3.8, 4) is 0 Å². The molecule has 0 unspecified atom stereocenters. The molecule has 0 spiro atoms. The predicted octanol–water partition coefficient (Wildman–Crippen LogP) is 1.84. The minimum Gasteiger partial charge on any atom is -0.394 e. The van der Waals surface area contributed by atoms with Crippen molar-refractivity contribution in [2.75, 3.05) is 39.5 Å². The molecule has 1 aromatic heterocycles. The topological polar surface area (TPSA) is 462 Å². The van der Waals surface area contributed by atoms with Gasteiger partial charge >= 0.3 is 0 Å². The molecule has 0 aliphatic carbocycles. The van der Waals surface area contributed by atoms with E-state index in [4.69, 9.17) is 11.5 Å². The van der Waals surface area contributed by atoms with Crippen LogP contribution < -0.4 is 70.0 Å². The molecule has 0 bridgehead atoms. The fourth-order valence-electron chi connectivity index (χ4n) is 11.0. The van der Waals surface area contributed by atoms with E-state index in [1.807, 2.05) is 20.8 Å². The number of aliphatic hydroxyl groups is 3. The Morgan fingerprint density at radius 1 is 0.408 bits per heavy atom. The number of likely N-dealkylation sites (N-methyl/N-ethyl adjacent to an activating group) is 1. The van der Waals surface area contributed by atoms with E-state index < -0.39 is 151 Å². The highest BCUT2D eigenvalue weighted by Crippen LogP contribution is 2.18. The summed E-state index contributed by atoms with van der Waals surface area (Å²) in [4.78, 5) is 160. The molecule has 13 atom stereocenters. The van der Waals surface area contributed by atoms with E-state index in [0.717, 1.165) is 19.3 Å². The maximum Gasteiger partial charge on any atom is 0.245 e. The van der Waals surface area contributed by atoms with Crippen LogP contribution >= 0.6 is 0 Å². The molecule has 29 heteroatoms. The van der Waals surface area contributed by atoms with Gasteiger partial charge in [-0.25, -0.2) is 4.98 Å². The summed E-state index contributed by atoms with van der Waals surface area (Å²) in [6.45, 7) is 16.3. The Hall–Kier alpha value is -6.82. The third kappa shape index (κ3) is 35.3. The molecular formula is C69H127N15O14. The first kappa shape index (κ1) is 89.2. The number of nitrogens with zero attached hydrogens (tertiary/aromatic N) is 1. The van der Waals surface area contributed by atoms with Crippen molar-refractivity contribution in [1.82, 2.24) is 68.5 Å². The Balaban J connectivity index is 3.31. The monoisotopic (exact) mass is 1390 g/mol. The fourth-order valence-corrected chi connectivity index (χ4v) is 11.0.